The van der Waals surface area contributed by atoms with Gasteiger partial charge in [-0.3, -0.25) is 0 Å². The molecule has 6 nitrogen and oxygen atoms in total. The molecule has 28 heavy (non-hydrogen) atoms. The average Bonchev–Trinajstić information content (AvgIpc) is 2.61. The van der Waals surface area contributed by atoms with Crippen LogP contribution in [-0.4, -0.2) is 23.7 Å². The SMILES string of the molecule is C=C(C)c1cccc(C(C)(C)NC(=O)Nc2ccc(Cl)c(OCC(=O)O)c2)c1. The van der Waals surface area contributed by atoms with Crippen molar-refractivity contribution in [2.75, 3.05) is 11.9 Å². The van der Waals surface area contributed by atoms with Gasteiger partial charge in [0.05, 0.1) is 10.6 Å². The van der Waals surface area contributed by atoms with Gasteiger partial charge >= 0.3 is 12.0 Å². The molecule has 0 saturated carbocycles. The maximum atomic E-state index is 12.5. The Morgan fingerprint density at radius 1 is 1.21 bits per heavy atom. The maximum Gasteiger partial charge on any atom is 0.341 e. The minimum absolute atomic E-state index is 0.176. The zero-order valence-electron chi connectivity index (χ0n) is 16.0. The standard InChI is InChI=1S/C21H23ClN2O4/c1-13(2)14-6-5-7-15(10-14)21(3,4)24-20(27)23-16-8-9-17(22)18(11-16)28-12-19(25)26/h5-11H,1,12H2,2-4H3,(H,25,26)(H2,23,24,27). The number of allylic oxidation sites excluding steroid dienone is 1. The number of nitrogens with one attached hydrogen (secondary N) is 2. The third-order valence-corrected chi connectivity index (χ3v) is 4.36. The Bertz CT molecular complexity index is 909. The van der Waals surface area contributed by atoms with E-state index in [4.69, 9.17) is 21.4 Å². The molecular formula is C21H23ClN2O4. The van der Waals surface area contributed by atoms with Crippen LogP contribution in [0.5, 0.6) is 5.75 Å². The van der Waals surface area contributed by atoms with Crippen LogP contribution in [0, 0.1) is 0 Å². The number of halogens is 1. The summed E-state index contributed by atoms with van der Waals surface area (Å²) in [4.78, 5) is 23.1. The first-order valence-corrected chi connectivity index (χ1v) is 8.96. The van der Waals surface area contributed by atoms with Crippen molar-refractivity contribution < 1.29 is 19.4 Å². The van der Waals surface area contributed by atoms with Crippen LogP contribution in [0.3, 0.4) is 0 Å². The van der Waals surface area contributed by atoms with Gasteiger partial charge in [0.1, 0.15) is 5.75 Å². The van der Waals surface area contributed by atoms with E-state index in [2.05, 4.69) is 17.2 Å². The second kappa shape index (κ2) is 8.80. The Kier molecular flexibility index (Phi) is 6.70. The van der Waals surface area contributed by atoms with Crippen LogP contribution in [0.2, 0.25) is 5.02 Å². The van der Waals surface area contributed by atoms with E-state index in [1.54, 1.807) is 6.07 Å². The number of ether oxygens (including phenoxy) is 1. The van der Waals surface area contributed by atoms with Gasteiger partial charge in [-0.05, 0) is 50.1 Å². The molecule has 0 aliphatic rings. The van der Waals surface area contributed by atoms with Crippen LogP contribution in [0.15, 0.2) is 49.0 Å². The highest BCUT2D eigenvalue weighted by molar-refractivity contribution is 6.32. The molecule has 3 N–H and O–H groups in total. The van der Waals surface area contributed by atoms with Gasteiger partial charge < -0.3 is 20.5 Å². The fourth-order valence-corrected chi connectivity index (χ4v) is 2.70. The predicted molar refractivity (Wildman–Crippen MR) is 111 cm³/mol. The Hall–Kier alpha value is -2.99. The first kappa shape index (κ1) is 21.3. The summed E-state index contributed by atoms with van der Waals surface area (Å²) in [5.74, 6) is -0.943. The van der Waals surface area contributed by atoms with Gasteiger partial charge in [0, 0.05) is 11.8 Å². The largest absolute Gasteiger partial charge is 0.480 e. The monoisotopic (exact) mass is 402 g/mol. The van der Waals surface area contributed by atoms with E-state index >= 15 is 0 Å². The number of carboxylic acid groups (broad SMARTS) is 1. The van der Waals surface area contributed by atoms with Gasteiger partial charge in [-0.2, -0.15) is 0 Å². The van der Waals surface area contributed by atoms with E-state index in [0.717, 1.165) is 16.7 Å². The van der Waals surface area contributed by atoms with Crippen molar-refractivity contribution in [3.63, 3.8) is 0 Å². The van der Waals surface area contributed by atoms with Gasteiger partial charge in [0.2, 0.25) is 0 Å². The van der Waals surface area contributed by atoms with Crippen molar-refractivity contribution >= 4 is 34.9 Å². The number of benzene rings is 2. The maximum absolute atomic E-state index is 12.5. The molecule has 0 heterocycles. The number of hydrogen-bond acceptors (Lipinski definition) is 3. The number of carbonyl (C=O) groups excluding carboxylic acids is 1. The molecule has 0 aliphatic carbocycles. The zero-order chi connectivity index (χ0) is 20.9. The van der Waals surface area contributed by atoms with Gasteiger partial charge in [-0.25, -0.2) is 9.59 Å². The number of aliphatic carboxylic acids is 1. The Morgan fingerprint density at radius 3 is 2.57 bits per heavy atom. The van der Waals surface area contributed by atoms with Crippen LogP contribution in [-0.2, 0) is 10.3 Å². The van der Waals surface area contributed by atoms with Crippen molar-refractivity contribution in [2.24, 2.45) is 0 Å². The molecule has 0 aliphatic heterocycles. The van der Waals surface area contributed by atoms with E-state index in [1.807, 2.05) is 45.0 Å². The highest BCUT2D eigenvalue weighted by Gasteiger charge is 2.23. The molecule has 7 heteroatoms. The number of carbonyl (C=O) groups is 2. The molecule has 0 radical (unpaired) electrons. The van der Waals surface area contributed by atoms with Crippen molar-refractivity contribution in [3.05, 3.63) is 65.2 Å². The van der Waals surface area contributed by atoms with Gasteiger partial charge in [0.25, 0.3) is 0 Å². The molecule has 2 aromatic carbocycles. The van der Waals surface area contributed by atoms with Gasteiger partial charge in [-0.15, -0.1) is 0 Å². The molecule has 2 rings (SSSR count). The molecule has 0 saturated heterocycles. The Morgan fingerprint density at radius 2 is 1.93 bits per heavy atom. The van der Waals surface area contributed by atoms with Crippen LogP contribution in [0.1, 0.15) is 31.9 Å². The molecular weight excluding hydrogens is 380 g/mol. The molecule has 148 valence electrons. The molecule has 0 bridgehead atoms. The number of carboxylic acids is 1. The van der Waals surface area contributed by atoms with E-state index < -0.39 is 24.1 Å². The van der Waals surface area contributed by atoms with Crippen molar-refractivity contribution in [1.29, 1.82) is 0 Å². The topological polar surface area (TPSA) is 87.7 Å². The number of amides is 2. The Labute approximate surface area is 169 Å². The highest BCUT2D eigenvalue weighted by atomic mass is 35.5. The summed E-state index contributed by atoms with van der Waals surface area (Å²) in [5.41, 5.74) is 2.67. The van der Waals surface area contributed by atoms with Crippen LogP contribution in [0.4, 0.5) is 10.5 Å². The Balaban J connectivity index is 2.10. The quantitative estimate of drug-likeness (QED) is 0.615. The third kappa shape index (κ3) is 5.76. The summed E-state index contributed by atoms with van der Waals surface area (Å²) < 4.78 is 5.11. The summed E-state index contributed by atoms with van der Waals surface area (Å²) in [6.07, 6.45) is 0. The van der Waals surface area contributed by atoms with Gasteiger partial charge in [-0.1, -0.05) is 42.0 Å². The van der Waals surface area contributed by atoms with E-state index in [0.29, 0.717) is 5.69 Å². The summed E-state index contributed by atoms with van der Waals surface area (Å²) >= 11 is 5.99. The first-order valence-electron chi connectivity index (χ1n) is 8.58. The first-order chi connectivity index (χ1) is 13.1. The van der Waals surface area contributed by atoms with Crippen LogP contribution >= 0.6 is 11.6 Å². The molecule has 0 spiro atoms. The lowest BCUT2D eigenvalue weighted by Crippen LogP contribution is -2.43. The normalized spacial score (nSPS) is 10.9. The number of rotatable bonds is 7. The summed E-state index contributed by atoms with van der Waals surface area (Å²) in [5, 5.41) is 14.6. The fraction of sp³-hybridized carbons (Fsp3) is 0.238. The molecule has 0 fully saturated rings. The molecule has 0 aromatic heterocycles. The van der Waals surface area contributed by atoms with E-state index in [9.17, 15) is 9.59 Å². The number of hydrogen-bond donors (Lipinski definition) is 3. The van der Waals surface area contributed by atoms with Crippen LogP contribution in [0.25, 0.3) is 5.57 Å². The van der Waals surface area contributed by atoms with Crippen molar-refractivity contribution in [3.8, 4) is 5.75 Å². The van der Waals surface area contributed by atoms with E-state index in [1.165, 1.54) is 12.1 Å². The molecule has 2 aromatic rings. The molecule has 2 amide bonds. The minimum atomic E-state index is -1.12. The lowest BCUT2D eigenvalue weighted by Gasteiger charge is -2.27. The summed E-state index contributed by atoms with van der Waals surface area (Å²) in [7, 11) is 0. The second-order valence-corrected chi connectivity index (χ2v) is 7.30. The number of urea groups is 1. The minimum Gasteiger partial charge on any atom is -0.480 e. The van der Waals surface area contributed by atoms with Crippen molar-refractivity contribution in [2.45, 2.75) is 26.3 Å². The zero-order valence-corrected chi connectivity index (χ0v) is 16.8. The van der Waals surface area contributed by atoms with Gasteiger partial charge in [0.15, 0.2) is 6.61 Å². The highest BCUT2D eigenvalue weighted by Crippen LogP contribution is 2.28. The predicted octanol–water partition coefficient (Wildman–Crippen LogP) is 4.89. The van der Waals surface area contributed by atoms with Crippen LogP contribution < -0.4 is 15.4 Å². The second-order valence-electron chi connectivity index (χ2n) is 6.89. The number of anilines is 1. The smallest absolute Gasteiger partial charge is 0.341 e. The molecule has 0 atom stereocenters. The summed E-state index contributed by atoms with van der Waals surface area (Å²) in [6.45, 7) is 9.14. The van der Waals surface area contributed by atoms with E-state index in [-0.39, 0.29) is 10.8 Å². The lowest BCUT2D eigenvalue weighted by molar-refractivity contribution is -0.139. The van der Waals surface area contributed by atoms with Crippen molar-refractivity contribution in [1.82, 2.24) is 5.32 Å². The third-order valence-electron chi connectivity index (χ3n) is 4.04. The molecule has 0 unspecified atom stereocenters. The lowest BCUT2D eigenvalue weighted by atomic mass is 9.92. The summed E-state index contributed by atoms with van der Waals surface area (Å²) in [6, 6.07) is 12.0. The average molecular weight is 403 g/mol. The fourth-order valence-electron chi connectivity index (χ4n) is 2.52.